The number of esters is 1. The van der Waals surface area contributed by atoms with Gasteiger partial charge in [-0.25, -0.2) is 10.1 Å². The van der Waals surface area contributed by atoms with Crippen molar-refractivity contribution in [1.29, 1.82) is 0 Å². The van der Waals surface area contributed by atoms with Crippen molar-refractivity contribution >= 4 is 5.97 Å². The van der Waals surface area contributed by atoms with Crippen LogP contribution >= 0.6 is 0 Å². The Morgan fingerprint density at radius 1 is 1.73 bits per heavy atom. The highest BCUT2D eigenvalue weighted by molar-refractivity contribution is 5.86. The van der Waals surface area contributed by atoms with Crippen LogP contribution in [0.4, 0.5) is 0 Å². The monoisotopic (exact) mass is 161 g/mol. The van der Waals surface area contributed by atoms with Crippen molar-refractivity contribution in [2.24, 2.45) is 0 Å². The van der Waals surface area contributed by atoms with Crippen molar-refractivity contribution in [2.45, 2.75) is 13.3 Å². The Morgan fingerprint density at radius 3 is 2.64 bits per heavy atom. The van der Waals surface area contributed by atoms with Gasteiger partial charge >= 0.3 is 5.97 Å². The van der Waals surface area contributed by atoms with E-state index < -0.39 is 12.4 Å². The molecule has 0 aliphatic heterocycles. The van der Waals surface area contributed by atoms with Gasteiger partial charge in [0.05, 0.1) is 0 Å². The maximum atomic E-state index is 10.6. The minimum Gasteiger partial charge on any atom is -0.446 e. The molecule has 0 bridgehead atoms. The second kappa shape index (κ2) is 4.84. The SMILES string of the molecule is C=C(C)C(=O)OCNC(O)O. The molecule has 0 radical (unpaired) electrons. The summed E-state index contributed by atoms with van der Waals surface area (Å²) in [4.78, 5) is 10.6. The molecule has 64 valence electrons. The Morgan fingerprint density at radius 2 is 2.27 bits per heavy atom. The van der Waals surface area contributed by atoms with E-state index >= 15 is 0 Å². The summed E-state index contributed by atoms with van der Waals surface area (Å²) >= 11 is 0. The zero-order chi connectivity index (χ0) is 8.85. The van der Waals surface area contributed by atoms with Crippen molar-refractivity contribution in [1.82, 2.24) is 5.32 Å². The van der Waals surface area contributed by atoms with Crippen LogP contribution in [0.5, 0.6) is 0 Å². The van der Waals surface area contributed by atoms with Crippen LogP contribution in [0.25, 0.3) is 0 Å². The second-order valence-electron chi connectivity index (χ2n) is 1.93. The highest BCUT2D eigenvalue weighted by Gasteiger charge is 2.02. The van der Waals surface area contributed by atoms with E-state index in [9.17, 15) is 4.79 Å². The van der Waals surface area contributed by atoms with Gasteiger partial charge in [-0.1, -0.05) is 6.58 Å². The van der Waals surface area contributed by atoms with Crippen LogP contribution in [-0.2, 0) is 9.53 Å². The van der Waals surface area contributed by atoms with Crippen molar-refractivity contribution in [2.75, 3.05) is 6.73 Å². The van der Waals surface area contributed by atoms with Crippen molar-refractivity contribution in [3.63, 3.8) is 0 Å². The minimum absolute atomic E-state index is 0.247. The fourth-order valence-electron chi connectivity index (χ4n) is 0.305. The Labute approximate surface area is 64.3 Å². The van der Waals surface area contributed by atoms with Crippen LogP contribution in [0.2, 0.25) is 0 Å². The molecule has 5 heteroatoms. The maximum Gasteiger partial charge on any atom is 0.334 e. The fraction of sp³-hybridized carbons (Fsp3) is 0.500. The maximum absolute atomic E-state index is 10.6. The zero-order valence-electron chi connectivity index (χ0n) is 6.20. The normalized spacial score (nSPS) is 9.82. The molecule has 0 saturated carbocycles. The van der Waals surface area contributed by atoms with Crippen LogP contribution in [0.3, 0.4) is 0 Å². The molecular weight excluding hydrogens is 150 g/mol. The summed E-state index contributed by atoms with van der Waals surface area (Å²) in [7, 11) is 0. The minimum atomic E-state index is -1.67. The van der Waals surface area contributed by atoms with Crippen LogP contribution in [-0.4, -0.2) is 29.3 Å². The lowest BCUT2D eigenvalue weighted by Crippen LogP contribution is -2.31. The van der Waals surface area contributed by atoms with Gasteiger partial charge < -0.3 is 14.9 Å². The van der Waals surface area contributed by atoms with Crippen LogP contribution in [0.1, 0.15) is 6.92 Å². The number of nitrogens with one attached hydrogen (secondary N) is 1. The van der Waals surface area contributed by atoms with E-state index in [2.05, 4.69) is 16.6 Å². The number of carbonyl (C=O) groups is 1. The molecule has 11 heavy (non-hydrogen) atoms. The Hall–Kier alpha value is -0.910. The van der Waals surface area contributed by atoms with Crippen LogP contribution < -0.4 is 5.32 Å². The van der Waals surface area contributed by atoms with E-state index in [1.165, 1.54) is 6.92 Å². The van der Waals surface area contributed by atoms with Gasteiger partial charge in [0.15, 0.2) is 0 Å². The number of hydrogen-bond donors (Lipinski definition) is 3. The van der Waals surface area contributed by atoms with Gasteiger partial charge in [0, 0.05) is 5.57 Å². The summed E-state index contributed by atoms with van der Waals surface area (Å²) in [5.74, 6) is -0.571. The number of ether oxygens (including phenoxy) is 1. The zero-order valence-corrected chi connectivity index (χ0v) is 6.20. The van der Waals surface area contributed by atoms with Gasteiger partial charge in [-0.2, -0.15) is 0 Å². The van der Waals surface area contributed by atoms with E-state index in [-0.39, 0.29) is 12.3 Å². The van der Waals surface area contributed by atoms with E-state index in [0.29, 0.717) is 0 Å². The molecular formula is C6H11NO4. The molecule has 0 aliphatic carbocycles. The van der Waals surface area contributed by atoms with E-state index in [1.54, 1.807) is 0 Å². The first-order chi connectivity index (χ1) is 5.04. The summed E-state index contributed by atoms with van der Waals surface area (Å²) in [5.41, 5.74) is 0.263. The summed E-state index contributed by atoms with van der Waals surface area (Å²) in [5, 5.41) is 18.5. The Balaban J connectivity index is 3.40. The molecule has 0 saturated heterocycles. The number of carbonyl (C=O) groups excluding carboxylic acids is 1. The van der Waals surface area contributed by atoms with Gasteiger partial charge in [0.2, 0.25) is 6.41 Å². The predicted molar refractivity (Wildman–Crippen MR) is 37.1 cm³/mol. The summed E-state index contributed by atoms with van der Waals surface area (Å²) in [6.45, 7) is 4.58. The lowest BCUT2D eigenvalue weighted by Gasteiger charge is -2.06. The van der Waals surface area contributed by atoms with Crippen molar-refractivity contribution < 1.29 is 19.7 Å². The molecule has 0 atom stereocenters. The topological polar surface area (TPSA) is 78.8 Å². The number of rotatable bonds is 4. The average Bonchev–Trinajstić information content (AvgIpc) is 1.86. The van der Waals surface area contributed by atoms with Crippen molar-refractivity contribution in [3.8, 4) is 0 Å². The third-order valence-electron chi connectivity index (χ3n) is 0.818. The van der Waals surface area contributed by atoms with Gasteiger partial charge in [0.25, 0.3) is 0 Å². The number of aliphatic hydroxyl groups excluding tert-OH is 1. The average molecular weight is 161 g/mol. The molecule has 0 heterocycles. The van der Waals surface area contributed by atoms with Crippen LogP contribution in [0, 0.1) is 0 Å². The molecule has 5 nitrogen and oxygen atoms in total. The first-order valence-corrected chi connectivity index (χ1v) is 2.96. The number of hydrogen-bond acceptors (Lipinski definition) is 5. The molecule has 0 amide bonds. The molecule has 0 fully saturated rings. The molecule has 0 aliphatic rings. The molecule has 3 N–H and O–H groups in total. The van der Waals surface area contributed by atoms with E-state index in [1.807, 2.05) is 0 Å². The molecule has 0 rings (SSSR count). The molecule has 0 spiro atoms. The largest absolute Gasteiger partial charge is 0.446 e. The van der Waals surface area contributed by atoms with Gasteiger partial charge in [-0.3, -0.25) is 0 Å². The highest BCUT2D eigenvalue weighted by atomic mass is 16.6. The molecule has 0 aromatic rings. The highest BCUT2D eigenvalue weighted by Crippen LogP contribution is 1.89. The third-order valence-corrected chi connectivity index (χ3v) is 0.818. The predicted octanol–water partition coefficient (Wildman–Crippen LogP) is -1.08. The Bertz CT molecular complexity index is 155. The van der Waals surface area contributed by atoms with Crippen molar-refractivity contribution in [3.05, 3.63) is 12.2 Å². The smallest absolute Gasteiger partial charge is 0.334 e. The van der Waals surface area contributed by atoms with Gasteiger partial charge in [-0.05, 0) is 6.92 Å². The summed E-state index contributed by atoms with van der Waals surface area (Å²) in [6, 6.07) is 0. The fourth-order valence-corrected chi connectivity index (χ4v) is 0.305. The summed E-state index contributed by atoms with van der Waals surface area (Å²) < 4.78 is 4.44. The molecule has 0 aromatic heterocycles. The first kappa shape index (κ1) is 10.1. The summed E-state index contributed by atoms with van der Waals surface area (Å²) in [6.07, 6.45) is -1.67. The quantitative estimate of drug-likeness (QED) is 0.278. The van der Waals surface area contributed by atoms with Gasteiger partial charge in [-0.15, -0.1) is 0 Å². The second-order valence-corrected chi connectivity index (χ2v) is 1.93. The molecule has 0 aromatic carbocycles. The number of aliphatic hydroxyl groups is 2. The van der Waals surface area contributed by atoms with Crippen LogP contribution in [0.15, 0.2) is 12.2 Å². The third kappa shape index (κ3) is 5.53. The molecule has 0 unspecified atom stereocenters. The lowest BCUT2D eigenvalue weighted by atomic mass is 10.4. The Kier molecular flexibility index (Phi) is 4.44. The van der Waals surface area contributed by atoms with E-state index in [0.717, 1.165) is 0 Å². The van der Waals surface area contributed by atoms with Gasteiger partial charge in [0.1, 0.15) is 6.73 Å². The van der Waals surface area contributed by atoms with E-state index in [4.69, 9.17) is 10.2 Å². The standard InChI is InChI=1S/C6H11NO4/c1-4(2)5(8)11-3-7-6(9)10/h6-7,9-10H,1,3H2,2H3. The lowest BCUT2D eigenvalue weighted by molar-refractivity contribution is -0.144. The first-order valence-electron chi connectivity index (χ1n) is 2.96.